The summed E-state index contributed by atoms with van der Waals surface area (Å²) < 4.78 is 0. The molecule has 0 bridgehead atoms. The number of carbonyl (C=O) groups excluding carboxylic acids is 2. The van der Waals surface area contributed by atoms with Gasteiger partial charge in [0.25, 0.3) is 11.6 Å². The van der Waals surface area contributed by atoms with Crippen LogP contribution in [0.2, 0.25) is 0 Å². The first-order valence-electron chi connectivity index (χ1n) is 7.67. The van der Waals surface area contributed by atoms with E-state index in [-0.39, 0.29) is 11.6 Å². The first kappa shape index (κ1) is 17.6. The Morgan fingerprint density at radius 3 is 2.48 bits per heavy atom. The Balaban J connectivity index is 2.33. The number of aldehydes is 1. The van der Waals surface area contributed by atoms with E-state index in [1.807, 2.05) is 0 Å². The summed E-state index contributed by atoms with van der Waals surface area (Å²) in [6, 6.07) is 4.39. The van der Waals surface area contributed by atoms with Crippen LogP contribution in [0.3, 0.4) is 0 Å². The van der Waals surface area contributed by atoms with Crippen LogP contribution in [-0.4, -0.2) is 40.4 Å². The van der Waals surface area contributed by atoms with Gasteiger partial charge < -0.3 is 9.69 Å². The molecule has 0 spiro atoms. The summed E-state index contributed by atoms with van der Waals surface area (Å²) >= 11 is 3.19. The molecule has 0 radical (unpaired) electrons. The molecule has 1 fully saturated rings. The highest BCUT2D eigenvalue weighted by molar-refractivity contribution is 9.09. The number of nitro benzene ring substituents is 1. The van der Waals surface area contributed by atoms with E-state index in [1.165, 1.54) is 12.1 Å². The van der Waals surface area contributed by atoms with Gasteiger partial charge in [-0.2, -0.15) is 0 Å². The van der Waals surface area contributed by atoms with Crippen molar-refractivity contribution in [1.29, 1.82) is 0 Å². The van der Waals surface area contributed by atoms with Gasteiger partial charge in [-0.3, -0.25) is 14.9 Å². The maximum Gasteiger partial charge on any atom is 0.274 e. The molecule has 6 nitrogen and oxygen atoms in total. The number of nitro groups is 1. The van der Waals surface area contributed by atoms with Gasteiger partial charge in [0.05, 0.1) is 10.8 Å². The molecule has 1 aromatic carbocycles. The summed E-state index contributed by atoms with van der Waals surface area (Å²) in [5, 5.41) is 11.6. The molecule has 1 unspecified atom stereocenters. The van der Waals surface area contributed by atoms with Crippen LogP contribution < -0.4 is 0 Å². The highest BCUT2D eigenvalue weighted by Gasteiger charge is 2.25. The predicted molar refractivity (Wildman–Crippen MR) is 90.1 cm³/mol. The minimum atomic E-state index is -0.599. The fourth-order valence-electron chi connectivity index (χ4n) is 2.80. The van der Waals surface area contributed by atoms with Crippen LogP contribution in [-0.2, 0) is 4.79 Å². The Hall–Kier alpha value is -1.76. The van der Waals surface area contributed by atoms with Crippen molar-refractivity contribution in [1.82, 2.24) is 4.90 Å². The highest BCUT2D eigenvalue weighted by Crippen LogP contribution is 2.28. The van der Waals surface area contributed by atoms with Crippen molar-refractivity contribution < 1.29 is 14.5 Å². The third kappa shape index (κ3) is 4.16. The molecule has 0 aliphatic carbocycles. The lowest BCUT2D eigenvalue weighted by molar-refractivity contribution is -0.385. The van der Waals surface area contributed by atoms with E-state index >= 15 is 0 Å². The maximum atomic E-state index is 12.6. The molecular formula is C16H19BrN2O4. The number of alkyl halides is 1. The summed E-state index contributed by atoms with van der Waals surface area (Å²) in [5.74, 6) is -0.777. The fourth-order valence-corrected chi connectivity index (χ4v) is 3.30. The van der Waals surface area contributed by atoms with Gasteiger partial charge >= 0.3 is 0 Å². The number of rotatable bonds is 5. The number of amides is 1. The SMILES string of the molecule is O=CC(CBr)c1ccc(C(=O)N2CCCCCC2)cc1[N+](=O)[O-]. The maximum absolute atomic E-state index is 12.6. The van der Waals surface area contributed by atoms with Crippen molar-refractivity contribution in [2.75, 3.05) is 18.4 Å². The van der Waals surface area contributed by atoms with E-state index in [2.05, 4.69) is 15.9 Å². The number of nitrogens with zero attached hydrogens (tertiary/aromatic N) is 2. The molecule has 1 amide bonds. The summed E-state index contributed by atoms with van der Waals surface area (Å²) in [7, 11) is 0. The molecule has 0 aromatic heterocycles. The molecule has 124 valence electrons. The van der Waals surface area contributed by atoms with Gasteiger partial charge in [0.2, 0.25) is 0 Å². The van der Waals surface area contributed by atoms with E-state index in [9.17, 15) is 19.7 Å². The average Bonchev–Trinajstić information content (AvgIpc) is 2.84. The average molecular weight is 383 g/mol. The number of carbonyl (C=O) groups is 2. The van der Waals surface area contributed by atoms with E-state index in [0.29, 0.717) is 35.8 Å². The summed E-state index contributed by atoms with van der Waals surface area (Å²) in [6.45, 7) is 1.37. The van der Waals surface area contributed by atoms with E-state index in [0.717, 1.165) is 25.7 Å². The Bertz CT molecular complexity index is 598. The van der Waals surface area contributed by atoms with Crippen LogP contribution in [0.4, 0.5) is 5.69 Å². The molecule has 0 saturated carbocycles. The molecule has 1 aliphatic rings. The molecule has 2 rings (SSSR count). The zero-order valence-electron chi connectivity index (χ0n) is 12.7. The van der Waals surface area contributed by atoms with Gasteiger partial charge in [-0.15, -0.1) is 0 Å². The second-order valence-corrected chi connectivity index (χ2v) is 6.28. The molecule has 0 N–H and O–H groups in total. The van der Waals surface area contributed by atoms with Crippen LogP contribution in [0.1, 0.15) is 47.5 Å². The highest BCUT2D eigenvalue weighted by atomic mass is 79.9. The lowest BCUT2D eigenvalue weighted by Crippen LogP contribution is -2.31. The minimum absolute atomic E-state index is 0.178. The van der Waals surface area contributed by atoms with Crippen molar-refractivity contribution in [3.05, 3.63) is 39.4 Å². The third-order valence-corrected chi connectivity index (χ3v) is 4.79. The number of hydrogen-bond acceptors (Lipinski definition) is 4. The third-order valence-electron chi connectivity index (χ3n) is 4.10. The van der Waals surface area contributed by atoms with Crippen LogP contribution in [0.15, 0.2) is 18.2 Å². The van der Waals surface area contributed by atoms with Gasteiger partial charge in [0, 0.05) is 35.6 Å². The molecule has 1 aromatic rings. The molecule has 7 heteroatoms. The zero-order valence-corrected chi connectivity index (χ0v) is 14.3. The van der Waals surface area contributed by atoms with Gasteiger partial charge in [0.1, 0.15) is 6.29 Å². The van der Waals surface area contributed by atoms with E-state index in [4.69, 9.17) is 0 Å². The van der Waals surface area contributed by atoms with Crippen LogP contribution in [0.5, 0.6) is 0 Å². The zero-order chi connectivity index (χ0) is 16.8. The predicted octanol–water partition coefficient (Wildman–Crippen LogP) is 3.29. The quantitative estimate of drug-likeness (QED) is 0.338. The summed E-state index contributed by atoms with van der Waals surface area (Å²) in [5.41, 5.74) is 0.457. The second kappa shape index (κ2) is 8.19. The monoisotopic (exact) mass is 382 g/mol. The van der Waals surface area contributed by atoms with Crippen molar-refractivity contribution >= 4 is 33.8 Å². The molecule has 1 atom stereocenters. The van der Waals surface area contributed by atoms with Crippen molar-refractivity contribution in [3.63, 3.8) is 0 Å². The van der Waals surface area contributed by atoms with Crippen molar-refractivity contribution in [2.45, 2.75) is 31.6 Å². The van der Waals surface area contributed by atoms with Crippen molar-refractivity contribution in [2.24, 2.45) is 0 Å². The first-order chi connectivity index (χ1) is 11.1. The molecule has 1 saturated heterocycles. The summed E-state index contributed by atoms with van der Waals surface area (Å²) in [6.07, 6.45) is 4.81. The largest absolute Gasteiger partial charge is 0.339 e. The smallest absolute Gasteiger partial charge is 0.274 e. The standard InChI is InChI=1S/C16H19BrN2O4/c17-10-13(11-20)14-6-5-12(9-15(14)19(22)23)16(21)18-7-3-1-2-4-8-18/h5-6,9,11,13H,1-4,7-8,10H2. The Labute approximate surface area is 143 Å². The van der Waals surface area contributed by atoms with Crippen LogP contribution in [0.25, 0.3) is 0 Å². The number of halogens is 1. The Morgan fingerprint density at radius 1 is 1.30 bits per heavy atom. The summed E-state index contributed by atoms with van der Waals surface area (Å²) in [4.78, 5) is 36.2. The fraction of sp³-hybridized carbons (Fsp3) is 0.500. The number of hydrogen-bond donors (Lipinski definition) is 0. The van der Waals surface area contributed by atoms with Gasteiger partial charge in [-0.1, -0.05) is 34.8 Å². The van der Waals surface area contributed by atoms with Crippen molar-refractivity contribution in [3.8, 4) is 0 Å². The van der Waals surface area contributed by atoms with Gasteiger partial charge in [-0.25, -0.2) is 0 Å². The number of likely N-dealkylation sites (tertiary alicyclic amines) is 1. The number of benzene rings is 1. The van der Waals surface area contributed by atoms with Gasteiger partial charge in [0.15, 0.2) is 0 Å². The minimum Gasteiger partial charge on any atom is -0.339 e. The van der Waals surface area contributed by atoms with Crippen LogP contribution >= 0.6 is 15.9 Å². The van der Waals surface area contributed by atoms with Gasteiger partial charge in [-0.05, 0) is 18.9 Å². The molecule has 23 heavy (non-hydrogen) atoms. The normalized spacial score (nSPS) is 16.5. The lowest BCUT2D eigenvalue weighted by atomic mass is 9.98. The molecular weight excluding hydrogens is 364 g/mol. The Morgan fingerprint density at radius 2 is 1.96 bits per heavy atom. The second-order valence-electron chi connectivity index (χ2n) is 5.63. The Kier molecular flexibility index (Phi) is 6.27. The van der Waals surface area contributed by atoms with E-state index in [1.54, 1.807) is 11.0 Å². The molecule has 1 heterocycles. The first-order valence-corrected chi connectivity index (χ1v) is 8.79. The topological polar surface area (TPSA) is 80.5 Å². The van der Waals surface area contributed by atoms with Crippen LogP contribution in [0, 0.1) is 10.1 Å². The molecule has 1 aliphatic heterocycles. The lowest BCUT2D eigenvalue weighted by Gasteiger charge is -2.20. The van der Waals surface area contributed by atoms with E-state index < -0.39 is 10.8 Å².